The van der Waals surface area contributed by atoms with Crippen LogP contribution in [0.1, 0.15) is 39.0 Å². The van der Waals surface area contributed by atoms with E-state index in [0.29, 0.717) is 24.3 Å². The summed E-state index contributed by atoms with van der Waals surface area (Å²) in [5.74, 6) is -0.975. The highest BCUT2D eigenvalue weighted by atomic mass is 16.5. The fourth-order valence-electron chi connectivity index (χ4n) is 3.69. The monoisotopic (exact) mass is 403 g/mol. The lowest BCUT2D eigenvalue weighted by Gasteiger charge is -2.20. The SMILES string of the molecule is COc1ccccc1NC(=O)[C@@H](C)OC(=O)CCN1C(=O)NC2(CCCC2)C1=O. The van der Waals surface area contributed by atoms with Gasteiger partial charge in [0.05, 0.1) is 19.2 Å². The van der Waals surface area contributed by atoms with Crippen LogP contribution in [0, 0.1) is 0 Å². The Labute approximate surface area is 168 Å². The summed E-state index contributed by atoms with van der Waals surface area (Å²) in [6, 6.07) is 6.39. The predicted octanol–water partition coefficient (Wildman–Crippen LogP) is 1.82. The van der Waals surface area contributed by atoms with E-state index in [-0.39, 0.29) is 18.9 Å². The lowest BCUT2D eigenvalue weighted by Crippen LogP contribution is -2.44. The van der Waals surface area contributed by atoms with E-state index >= 15 is 0 Å². The van der Waals surface area contributed by atoms with Gasteiger partial charge in [-0.2, -0.15) is 0 Å². The summed E-state index contributed by atoms with van der Waals surface area (Å²) < 4.78 is 10.3. The number of rotatable bonds is 7. The number of methoxy groups -OCH3 is 1. The highest BCUT2D eigenvalue weighted by Gasteiger charge is 2.52. The molecule has 2 aliphatic rings. The molecule has 1 aromatic carbocycles. The van der Waals surface area contributed by atoms with Gasteiger partial charge >= 0.3 is 12.0 Å². The number of hydrogen-bond acceptors (Lipinski definition) is 6. The van der Waals surface area contributed by atoms with Crippen LogP contribution < -0.4 is 15.4 Å². The molecule has 4 amide bonds. The van der Waals surface area contributed by atoms with Gasteiger partial charge in [-0.25, -0.2) is 4.79 Å². The van der Waals surface area contributed by atoms with Crippen LogP contribution in [0.3, 0.4) is 0 Å². The molecule has 1 spiro atoms. The molecule has 1 aliphatic carbocycles. The zero-order chi connectivity index (χ0) is 21.0. The van der Waals surface area contributed by atoms with Crippen molar-refractivity contribution >= 4 is 29.5 Å². The number of urea groups is 1. The molecule has 1 saturated carbocycles. The van der Waals surface area contributed by atoms with E-state index in [0.717, 1.165) is 17.7 Å². The molecule has 9 nitrogen and oxygen atoms in total. The van der Waals surface area contributed by atoms with E-state index in [9.17, 15) is 19.2 Å². The van der Waals surface area contributed by atoms with Gasteiger partial charge in [0.1, 0.15) is 11.3 Å². The first-order valence-electron chi connectivity index (χ1n) is 9.64. The van der Waals surface area contributed by atoms with Gasteiger partial charge in [-0.05, 0) is 31.9 Å². The summed E-state index contributed by atoms with van der Waals surface area (Å²) in [6.45, 7) is 1.37. The zero-order valence-electron chi connectivity index (χ0n) is 16.5. The average molecular weight is 403 g/mol. The zero-order valence-corrected chi connectivity index (χ0v) is 16.5. The third-order valence-corrected chi connectivity index (χ3v) is 5.28. The summed E-state index contributed by atoms with van der Waals surface area (Å²) in [6.07, 6.45) is 1.80. The molecule has 0 unspecified atom stereocenters. The van der Waals surface area contributed by atoms with E-state index < -0.39 is 29.6 Å². The van der Waals surface area contributed by atoms with Gasteiger partial charge in [0, 0.05) is 6.54 Å². The number of nitrogens with one attached hydrogen (secondary N) is 2. The molecule has 9 heteroatoms. The second kappa shape index (κ2) is 8.50. The van der Waals surface area contributed by atoms with Crippen LogP contribution in [0.5, 0.6) is 5.75 Å². The molecule has 1 aliphatic heterocycles. The van der Waals surface area contributed by atoms with Crippen LogP contribution in [0.15, 0.2) is 24.3 Å². The van der Waals surface area contributed by atoms with Crippen LogP contribution >= 0.6 is 0 Å². The molecule has 2 fully saturated rings. The Balaban J connectivity index is 1.49. The maximum atomic E-state index is 12.6. The van der Waals surface area contributed by atoms with Gasteiger partial charge in [-0.3, -0.25) is 19.3 Å². The molecule has 1 aromatic rings. The van der Waals surface area contributed by atoms with Gasteiger partial charge in [0.25, 0.3) is 11.8 Å². The Morgan fingerprint density at radius 1 is 1.24 bits per heavy atom. The molecule has 29 heavy (non-hydrogen) atoms. The quantitative estimate of drug-likeness (QED) is 0.530. The van der Waals surface area contributed by atoms with Gasteiger partial charge in [-0.15, -0.1) is 0 Å². The van der Waals surface area contributed by atoms with Crippen molar-refractivity contribution in [3.63, 3.8) is 0 Å². The van der Waals surface area contributed by atoms with Crippen LogP contribution in [0.4, 0.5) is 10.5 Å². The second-order valence-electron chi connectivity index (χ2n) is 7.25. The molecule has 1 heterocycles. The summed E-state index contributed by atoms with van der Waals surface area (Å²) in [5.41, 5.74) is -0.341. The van der Waals surface area contributed by atoms with Gasteiger partial charge < -0.3 is 20.1 Å². The first-order chi connectivity index (χ1) is 13.9. The number of carbonyl (C=O) groups is 4. The first kappa shape index (κ1) is 20.6. The van der Waals surface area contributed by atoms with E-state index in [1.54, 1.807) is 24.3 Å². The van der Waals surface area contributed by atoms with E-state index in [4.69, 9.17) is 9.47 Å². The molecule has 156 valence electrons. The number of para-hydroxylation sites is 2. The van der Waals surface area contributed by atoms with Gasteiger partial charge in [-0.1, -0.05) is 25.0 Å². The van der Waals surface area contributed by atoms with E-state index in [2.05, 4.69) is 10.6 Å². The highest BCUT2D eigenvalue weighted by Crippen LogP contribution is 2.35. The smallest absolute Gasteiger partial charge is 0.325 e. The Morgan fingerprint density at radius 2 is 1.93 bits per heavy atom. The summed E-state index contributed by atoms with van der Waals surface area (Å²) in [5, 5.41) is 5.40. The number of hydrogen-bond donors (Lipinski definition) is 2. The largest absolute Gasteiger partial charge is 0.495 e. The highest BCUT2D eigenvalue weighted by molar-refractivity contribution is 6.07. The number of carbonyl (C=O) groups excluding carboxylic acids is 4. The third-order valence-electron chi connectivity index (χ3n) is 5.28. The lowest BCUT2D eigenvalue weighted by molar-refractivity contribution is -0.153. The Morgan fingerprint density at radius 3 is 2.62 bits per heavy atom. The van der Waals surface area contributed by atoms with Crippen molar-refractivity contribution in [1.82, 2.24) is 10.2 Å². The molecule has 1 atom stereocenters. The molecule has 0 radical (unpaired) electrons. The standard InChI is InChI=1S/C20H25N3O6/c1-13(17(25)21-14-7-3-4-8-15(14)28-2)29-16(24)9-12-23-18(26)20(22-19(23)27)10-5-6-11-20/h3-4,7-8,13H,5-6,9-12H2,1-2H3,(H,21,25)(H,22,27)/t13-/m1/s1. The molecular weight excluding hydrogens is 378 g/mol. The summed E-state index contributed by atoms with van der Waals surface area (Å²) in [4.78, 5) is 50.1. The van der Waals surface area contributed by atoms with Crippen molar-refractivity contribution in [3.8, 4) is 5.75 Å². The normalized spacial score (nSPS) is 18.5. The fraction of sp³-hybridized carbons (Fsp3) is 0.500. The van der Waals surface area contributed by atoms with Crippen LogP contribution in [0.2, 0.25) is 0 Å². The minimum atomic E-state index is -1.04. The number of amides is 4. The van der Waals surface area contributed by atoms with Gasteiger partial charge in [0.15, 0.2) is 6.10 Å². The lowest BCUT2D eigenvalue weighted by atomic mass is 9.98. The topological polar surface area (TPSA) is 114 Å². The molecule has 1 saturated heterocycles. The first-order valence-corrected chi connectivity index (χ1v) is 9.64. The number of anilines is 1. The summed E-state index contributed by atoms with van der Waals surface area (Å²) in [7, 11) is 1.49. The maximum absolute atomic E-state index is 12.6. The van der Waals surface area contributed by atoms with Crippen molar-refractivity contribution in [2.45, 2.75) is 50.7 Å². The Kier molecular flexibility index (Phi) is 6.05. The van der Waals surface area contributed by atoms with Crippen molar-refractivity contribution in [1.29, 1.82) is 0 Å². The summed E-state index contributed by atoms with van der Waals surface area (Å²) >= 11 is 0. The fourth-order valence-corrected chi connectivity index (χ4v) is 3.69. The molecule has 0 aromatic heterocycles. The van der Waals surface area contributed by atoms with Crippen LogP contribution in [0.25, 0.3) is 0 Å². The predicted molar refractivity (Wildman–Crippen MR) is 103 cm³/mol. The maximum Gasteiger partial charge on any atom is 0.325 e. The van der Waals surface area contributed by atoms with Gasteiger partial charge in [0.2, 0.25) is 0 Å². The number of esters is 1. The third kappa shape index (κ3) is 4.33. The van der Waals surface area contributed by atoms with Crippen molar-refractivity contribution in [2.75, 3.05) is 19.0 Å². The minimum absolute atomic E-state index is 0.0773. The molecule has 3 rings (SSSR count). The minimum Gasteiger partial charge on any atom is -0.495 e. The second-order valence-corrected chi connectivity index (χ2v) is 7.25. The number of nitrogens with zero attached hydrogens (tertiary/aromatic N) is 1. The van der Waals surface area contributed by atoms with Crippen molar-refractivity contribution < 1.29 is 28.7 Å². The van der Waals surface area contributed by atoms with Crippen molar-refractivity contribution in [2.24, 2.45) is 0 Å². The molecule has 0 bridgehead atoms. The number of imide groups is 1. The Hall–Kier alpha value is -3.10. The van der Waals surface area contributed by atoms with Crippen molar-refractivity contribution in [3.05, 3.63) is 24.3 Å². The van der Waals surface area contributed by atoms with E-state index in [1.807, 2.05) is 0 Å². The Bertz CT molecular complexity index is 818. The average Bonchev–Trinajstić information content (AvgIpc) is 3.26. The molecule has 2 N–H and O–H groups in total. The number of ether oxygens (including phenoxy) is 2. The number of benzene rings is 1. The van der Waals surface area contributed by atoms with Crippen LogP contribution in [-0.4, -0.2) is 54.0 Å². The molecular formula is C20H25N3O6. The van der Waals surface area contributed by atoms with Crippen LogP contribution in [-0.2, 0) is 19.1 Å². The van der Waals surface area contributed by atoms with E-state index in [1.165, 1.54) is 14.0 Å².